The van der Waals surface area contributed by atoms with Gasteiger partial charge in [0.2, 0.25) is 0 Å². The highest BCUT2D eigenvalue weighted by Crippen LogP contribution is 2.75. The van der Waals surface area contributed by atoms with E-state index in [1.54, 1.807) is 0 Å². The summed E-state index contributed by atoms with van der Waals surface area (Å²) in [7, 11) is 1.05. The van der Waals surface area contributed by atoms with Crippen molar-refractivity contribution in [3.05, 3.63) is 11.6 Å². The molecule has 7 rings (SSSR count). The smallest absolute Gasteiger partial charge is 0.338 e. The number of carbonyl (C=O) groups excluding carboxylic acids is 3. The maximum absolute atomic E-state index is 15.0. The molecule has 0 aromatic heterocycles. The Morgan fingerprint density at radius 3 is 2.05 bits per heavy atom. The fourth-order valence-corrected chi connectivity index (χ4v) is 13.9. The van der Waals surface area contributed by atoms with E-state index in [1.165, 1.54) is 0 Å². The topological polar surface area (TPSA) is 245 Å². The van der Waals surface area contributed by atoms with Crippen LogP contribution in [0.5, 0.6) is 0 Å². The Hall–Kier alpha value is -2.54. The second kappa shape index (κ2) is 17.0. The van der Waals surface area contributed by atoms with Crippen molar-refractivity contribution in [2.45, 2.75) is 194 Å². The van der Waals surface area contributed by atoms with E-state index in [9.17, 15) is 49.8 Å². The predicted octanol–water partition coefficient (Wildman–Crippen LogP) is 3.59. The molecule has 6 N–H and O–H groups in total. The minimum Gasteiger partial charge on any atom is -0.481 e. The van der Waals surface area contributed by atoms with Gasteiger partial charge in [-0.1, -0.05) is 60.5 Å². The van der Waals surface area contributed by atoms with Crippen molar-refractivity contribution in [2.75, 3.05) is 13.7 Å². The molecular formula is C47H72O16. The van der Waals surface area contributed by atoms with Crippen LogP contribution >= 0.6 is 0 Å². The Labute approximate surface area is 370 Å². The standard InChI is InChI=1S/C47H72O16/c1-10-11-20-59-38(55)34-30(51)31(52)35(63-39-32(53)28(49)29(50)33(61-39)37(54)58-9)40(62-34)60-27-13-14-45(6)26(42(27,2)3)12-15-47(8)36(45)25(48)21-23-24-22-44(5,41(56)57)17-16-43(24,4)18-19-46(23,47)7/h21,24,26-36,39-40,49-53H,10-20,22H2,1-9H3,(H,56,57)/t24-,26-,27+,28+,29+,30+,31-,32+,33-,34+,35+,36-,39+,40+,43+,44-,45+,46-,47-/m0/s1. The Morgan fingerprint density at radius 1 is 0.762 bits per heavy atom. The van der Waals surface area contributed by atoms with Gasteiger partial charge in [0, 0.05) is 5.92 Å². The van der Waals surface area contributed by atoms with E-state index >= 15 is 0 Å². The number of hydrogen-bond acceptors (Lipinski definition) is 15. The number of esters is 2. The van der Waals surface area contributed by atoms with Gasteiger partial charge in [-0.05, 0) is 116 Å². The summed E-state index contributed by atoms with van der Waals surface area (Å²) in [5.74, 6) is -3.07. The average Bonchev–Trinajstić information content (AvgIpc) is 3.22. The molecule has 7 aliphatic rings. The first-order valence-corrected chi connectivity index (χ1v) is 23.1. The molecule has 5 aliphatic carbocycles. The Bertz CT molecular complexity index is 1820. The largest absolute Gasteiger partial charge is 0.481 e. The summed E-state index contributed by atoms with van der Waals surface area (Å²) >= 11 is 0. The average molecular weight is 893 g/mol. The van der Waals surface area contributed by atoms with Crippen molar-refractivity contribution < 1.29 is 78.2 Å². The van der Waals surface area contributed by atoms with Gasteiger partial charge in [0.25, 0.3) is 0 Å². The second-order valence-corrected chi connectivity index (χ2v) is 22.0. The van der Waals surface area contributed by atoms with Crippen LogP contribution in [0.3, 0.4) is 0 Å². The molecule has 6 fully saturated rings. The van der Waals surface area contributed by atoms with Gasteiger partial charge in [0.15, 0.2) is 30.6 Å². The number of aliphatic hydroxyl groups excluding tert-OH is 5. The third kappa shape index (κ3) is 7.62. The monoisotopic (exact) mass is 892 g/mol. The molecule has 0 aromatic rings. The molecule has 2 saturated heterocycles. The van der Waals surface area contributed by atoms with E-state index in [1.807, 2.05) is 19.9 Å². The second-order valence-electron chi connectivity index (χ2n) is 22.0. The Morgan fingerprint density at radius 2 is 1.40 bits per heavy atom. The molecule has 2 heterocycles. The van der Waals surface area contributed by atoms with E-state index < -0.39 is 107 Å². The molecule has 0 amide bonds. The van der Waals surface area contributed by atoms with Gasteiger partial charge in [-0.25, -0.2) is 9.59 Å². The fraction of sp³-hybridized carbons (Fsp3) is 0.872. The molecule has 2 aliphatic heterocycles. The molecule has 0 unspecified atom stereocenters. The fourth-order valence-electron chi connectivity index (χ4n) is 13.9. The van der Waals surface area contributed by atoms with Crippen LogP contribution in [0, 0.1) is 50.2 Å². The number of aliphatic hydroxyl groups is 5. The lowest BCUT2D eigenvalue weighted by Crippen LogP contribution is -2.68. The summed E-state index contributed by atoms with van der Waals surface area (Å²) in [5, 5.41) is 65.3. The molecule has 4 saturated carbocycles. The van der Waals surface area contributed by atoms with Crippen LogP contribution < -0.4 is 0 Å². The van der Waals surface area contributed by atoms with Gasteiger partial charge in [0.05, 0.1) is 25.2 Å². The zero-order chi connectivity index (χ0) is 46.4. The van der Waals surface area contributed by atoms with Crippen molar-refractivity contribution in [3.63, 3.8) is 0 Å². The van der Waals surface area contributed by atoms with Crippen molar-refractivity contribution in [1.82, 2.24) is 0 Å². The van der Waals surface area contributed by atoms with Crippen LogP contribution in [0.2, 0.25) is 0 Å². The number of unbranched alkanes of at least 4 members (excludes halogenated alkanes) is 1. The van der Waals surface area contributed by atoms with Crippen LogP contribution in [0.25, 0.3) is 0 Å². The van der Waals surface area contributed by atoms with Gasteiger partial charge < -0.3 is 59.1 Å². The minimum atomic E-state index is -1.94. The number of methoxy groups -OCH3 is 1. The molecule has 0 bridgehead atoms. The van der Waals surface area contributed by atoms with Crippen LogP contribution in [-0.4, -0.2) is 136 Å². The van der Waals surface area contributed by atoms with Crippen LogP contribution in [-0.2, 0) is 47.6 Å². The van der Waals surface area contributed by atoms with Gasteiger partial charge in [0.1, 0.15) is 36.6 Å². The maximum atomic E-state index is 15.0. The number of aliphatic carboxylic acids is 1. The first-order valence-electron chi connectivity index (χ1n) is 23.1. The summed E-state index contributed by atoms with van der Waals surface area (Å²) in [5.41, 5.74) is -1.67. The Kier molecular flexibility index (Phi) is 13.0. The number of fused-ring (bicyclic) bond motifs is 7. The summed E-state index contributed by atoms with van der Waals surface area (Å²) in [6, 6.07) is 0. The van der Waals surface area contributed by atoms with Gasteiger partial charge in [-0.3, -0.25) is 9.59 Å². The molecule has 63 heavy (non-hydrogen) atoms. The van der Waals surface area contributed by atoms with Crippen LogP contribution in [0.1, 0.15) is 126 Å². The van der Waals surface area contributed by atoms with Crippen molar-refractivity contribution in [3.8, 4) is 0 Å². The first kappa shape index (κ1) is 48.4. The molecule has 0 aromatic carbocycles. The number of rotatable bonds is 10. The van der Waals surface area contributed by atoms with Gasteiger partial charge in [-0.2, -0.15) is 0 Å². The number of ketones is 1. The van der Waals surface area contributed by atoms with E-state index in [2.05, 4.69) is 41.5 Å². The van der Waals surface area contributed by atoms with Gasteiger partial charge in [-0.15, -0.1) is 0 Å². The molecule has 0 radical (unpaired) electrons. The lowest BCUT2D eigenvalue weighted by Gasteiger charge is -2.70. The summed E-state index contributed by atoms with van der Waals surface area (Å²) in [6.45, 7) is 17.1. The zero-order valence-corrected chi connectivity index (χ0v) is 38.4. The SMILES string of the molecule is CCCCOC(=O)[C@@H]1O[C@@H](O[C@@H]2CC[C@]3(C)[C@@H](CC[C@@]4(C)[C@H]3C(=O)C=C3[C@@H]5C[C@@](C)(C(=O)O)CC[C@]5(C)CC[C@@]34C)C2(C)C)[C@H](O[C@H]2O[C@H](C(=O)OC)[C@H](O)[C@@H](O)[C@H]2O)[C@@H](O)[C@H]1O. The number of carboxylic acid groups (broad SMARTS) is 1. The molecule has 0 spiro atoms. The highest BCUT2D eigenvalue weighted by molar-refractivity contribution is 5.95. The number of allylic oxidation sites excluding steroid dienone is 2. The number of hydrogen-bond donors (Lipinski definition) is 6. The minimum absolute atomic E-state index is 0.00832. The lowest BCUT2D eigenvalue weighted by molar-refractivity contribution is -0.371. The highest BCUT2D eigenvalue weighted by Gasteiger charge is 2.71. The molecular weight excluding hydrogens is 821 g/mol. The summed E-state index contributed by atoms with van der Waals surface area (Å²) < 4.78 is 34.6. The van der Waals surface area contributed by atoms with Crippen molar-refractivity contribution in [1.29, 1.82) is 0 Å². The zero-order valence-electron chi connectivity index (χ0n) is 38.4. The van der Waals surface area contributed by atoms with E-state index in [0.717, 1.165) is 51.2 Å². The maximum Gasteiger partial charge on any atom is 0.338 e. The van der Waals surface area contributed by atoms with Crippen molar-refractivity contribution in [2.24, 2.45) is 50.2 Å². The predicted molar refractivity (Wildman–Crippen MR) is 222 cm³/mol. The molecule has 356 valence electrons. The van der Waals surface area contributed by atoms with E-state index in [0.29, 0.717) is 32.1 Å². The normalized spacial score (nSPS) is 49.2. The molecule has 16 nitrogen and oxygen atoms in total. The number of carboxylic acids is 1. The molecule has 19 atom stereocenters. The van der Waals surface area contributed by atoms with E-state index in [4.69, 9.17) is 28.4 Å². The third-order valence-corrected chi connectivity index (χ3v) is 18.1. The summed E-state index contributed by atoms with van der Waals surface area (Å²) in [4.78, 5) is 53.4. The summed E-state index contributed by atoms with van der Waals surface area (Å²) in [6.07, 6.45) is -9.22. The quantitative estimate of drug-likeness (QED) is 0.104. The van der Waals surface area contributed by atoms with Crippen LogP contribution in [0.15, 0.2) is 11.6 Å². The Balaban J connectivity index is 1.18. The lowest BCUT2D eigenvalue weighted by atomic mass is 9.33. The van der Waals surface area contributed by atoms with Crippen LogP contribution in [0.4, 0.5) is 0 Å². The third-order valence-electron chi connectivity index (χ3n) is 18.1. The van der Waals surface area contributed by atoms with E-state index in [-0.39, 0.29) is 41.0 Å². The van der Waals surface area contributed by atoms with Gasteiger partial charge >= 0.3 is 17.9 Å². The highest BCUT2D eigenvalue weighted by atomic mass is 16.8. The van der Waals surface area contributed by atoms with Crippen molar-refractivity contribution >= 4 is 23.7 Å². The number of carbonyl (C=O) groups is 4. The molecule has 16 heteroatoms. The first-order chi connectivity index (χ1) is 29.3. The number of ether oxygens (including phenoxy) is 6.